The molecule has 1 aliphatic rings. The van der Waals surface area contributed by atoms with Gasteiger partial charge in [-0.2, -0.15) is 0 Å². The summed E-state index contributed by atoms with van der Waals surface area (Å²) in [5.41, 5.74) is 1.84. The van der Waals surface area contributed by atoms with E-state index in [1.165, 1.54) is 0 Å². The van der Waals surface area contributed by atoms with E-state index < -0.39 is 0 Å². The minimum absolute atomic E-state index is 0.0725. The molecule has 2 atom stereocenters. The summed E-state index contributed by atoms with van der Waals surface area (Å²) in [6.45, 7) is 5.22. The maximum Gasteiger partial charge on any atom is 0.322 e. The van der Waals surface area contributed by atoms with Crippen molar-refractivity contribution in [3.8, 4) is 0 Å². The number of anilines is 1. The molecule has 1 aromatic carbocycles. The monoisotopic (exact) mass is 273 g/mol. The molecule has 0 saturated carbocycles. The molecule has 2 N–H and O–H groups in total. The van der Waals surface area contributed by atoms with E-state index in [9.17, 15) is 4.79 Å². The third kappa shape index (κ3) is 2.49. The maximum atomic E-state index is 12.3. The van der Waals surface area contributed by atoms with Crippen LogP contribution in [0.1, 0.15) is 13.8 Å². The highest BCUT2D eigenvalue weighted by atomic mass is 16.5. The second kappa shape index (κ2) is 5.17. The Bertz CT molecular complexity index is 612. The van der Waals surface area contributed by atoms with Crippen molar-refractivity contribution in [2.75, 3.05) is 18.4 Å². The highest BCUT2D eigenvalue weighted by Gasteiger charge is 2.26. The number of rotatable bonds is 1. The van der Waals surface area contributed by atoms with Gasteiger partial charge in [0.25, 0.3) is 0 Å². The fourth-order valence-electron chi connectivity index (χ4n) is 2.71. The first kappa shape index (κ1) is 13.0. The largest absolute Gasteiger partial charge is 0.372 e. The Morgan fingerprint density at radius 2 is 2.00 bits per heavy atom. The normalized spacial score (nSPS) is 23.0. The summed E-state index contributed by atoms with van der Waals surface area (Å²) in [6.07, 6.45) is 1.98. The Hall–Kier alpha value is -2.01. The van der Waals surface area contributed by atoms with Gasteiger partial charge in [-0.3, -0.25) is 0 Å². The van der Waals surface area contributed by atoms with Crippen LogP contribution in [0.25, 0.3) is 10.9 Å². The van der Waals surface area contributed by atoms with Gasteiger partial charge in [0.15, 0.2) is 0 Å². The summed E-state index contributed by atoms with van der Waals surface area (Å²) in [4.78, 5) is 17.3. The summed E-state index contributed by atoms with van der Waals surface area (Å²) < 4.78 is 5.64. The number of aromatic amines is 1. The maximum absolute atomic E-state index is 12.3. The molecule has 106 valence electrons. The van der Waals surface area contributed by atoms with Gasteiger partial charge in [0.1, 0.15) is 0 Å². The van der Waals surface area contributed by atoms with Crippen LogP contribution in [0.5, 0.6) is 0 Å². The predicted octanol–water partition coefficient (Wildman–Crippen LogP) is 2.81. The third-order valence-electron chi connectivity index (χ3n) is 3.54. The van der Waals surface area contributed by atoms with Crippen molar-refractivity contribution in [1.82, 2.24) is 9.88 Å². The number of fused-ring (bicyclic) bond motifs is 1. The van der Waals surface area contributed by atoms with Crippen LogP contribution in [0.2, 0.25) is 0 Å². The number of nitrogens with one attached hydrogen (secondary N) is 2. The summed E-state index contributed by atoms with van der Waals surface area (Å²) in [5.74, 6) is 0. The molecule has 1 fully saturated rings. The first-order valence-corrected chi connectivity index (χ1v) is 6.91. The fraction of sp³-hybridized carbons (Fsp3) is 0.400. The lowest BCUT2D eigenvalue weighted by Gasteiger charge is -2.35. The van der Waals surface area contributed by atoms with Gasteiger partial charge in [0.05, 0.1) is 17.9 Å². The molecule has 2 aromatic rings. The zero-order valence-electron chi connectivity index (χ0n) is 11.7. The van der Waals surface area contributed by atoms with E-state index in [2.05, 4.69) is 10.3 Å². The Morgan fingerprint density at radius 1 is 1.30 bits per heavy atom. The van der Waals surface area contributed by atoms with Crippen LogP contribution in [-0.2, 0) is 4.74 Å². The molecule has 0 radical (unpaired) electrons. The van der Waals surface area contributed by atoms with Crippen molar-refractivity contribution < 1.29 is 9.53 Å². The number of benzene rings is 1. The summed E-state index contributed by atoms with van der Waals surface area (Å²) in [5, 5.41) is 4.00. The SMILES string of the molecule is C[C@@H]1CN(C(=O)Nc2c[nH]c3ccccc23)C[C@H](C)O1. The molecule has 1 aromatic heterocycles. The molecule has 5 heteroatoms. The minimum atomic E-state index is -0.0725. The lowest BCUT2D eigenvalue weighted by atomic mass is 10.2. The molecule has 20 heavy (non-hydrogen) atoms. The zero-order valence-corrected chi connectivity index (χ0v) is 11.7. The topological polar surface area (TPSA) is 57.4 Å². The highest BCUT2D eigenvalue weighted by molar-refractivity contribution is 6.00. The van der Waals surface area contributed by atoms with Gasteiger partial charge in [0, 0.05) is 30.2 Å². The predicted molar refractivity (Wildman–Crippen MR) is 78.9 cm³/mol. The first-order chi connectivity index (χ1) is 9.63. The molecule has 0 spiro atoms. The van der Waals surface area contributed by atoms with Crippen LogP contribution >= 0.6 is 0 Å². The van der Waals surface area contributed by atoms with Crippen molar-refractivity contribution in [2.45, 2.75) is 26.1 Å². The summed E-state index contributed by atoms with van der Waals surface area (Å²) >= 11 is 0. The molecule has 0 bridgehead atoms. The molecule has 1 aliphatic heterocycles. The van der Waals surface area contributed by atoms with Crippen molar-refractivity contribution in [3.63, 3.8) is 0 Å². The van der Waals surface area contributed by atoms with E-state index >= 15 is 0 Å². The van der Waals surface area contributed by atoms with Crippen molar-refractivity contribution in [2.24, 2.45) is 0 Å². The molecular formula is C15H19N3O2. The number of carbonyl (C=O) groups excluding carboxylic acids is 1. The number of hydrogen-bond donors (Lipinski definition) is 2. The Labute approximate surface area is 117 Å². The molecule has 3 rings (SSSR count). The summed E-state index contributed by atoms with van der Waals surface area (Å²) in [6, 6.07) is 7.84. The van der Waals surface area contributed by atoms with E-state index in [1.807, 2.05) is 44.3 Å². The van der Waals surface area contributed by atoms with Gasteiger partial charge < -0.3 is 19.9 Å². The standard InChI is InChI=1S/C15H19N3O2/c1-10-8-18(9-11(2)20-10)15(19)17-14-7-16-13-6-4-3-5-12(13)14/h3-7,10-11,16H,8-9H2,1-2H3,(H,17,19)/t10-,11+. The molecule has 2 heterocycles. The molecule has 0 aliphatic carbocycles. The van der Waals surface area contributed by atoms with Crippen LogP contribution in [0, 0.1) is 0 Å². The molecule has 1 saturated heterocycles. The van der Waals surface area contributed by atoms with Crippen molar-refractivity contribution in [3.05, 3.63) is 30.5 Å². The van der Waals surface area contributed by atoms with E-state index in [-0.39, 0.29) is 18.2 Å². The lowest BCUT2D eigenvalue weighted by Crippen LogP contribution is -2.49. The second-order valence-electron chi connectivity index (χ2n) is 5.34. The van der Waals surface area contributed by atoms with E-state index in [1.54, 1.807) is 4.90 Å². The fourth-order valence-corrected chi connectivity index (χ4v) is 2.71. The van der Waals surface area contributed by atoms with Gasteiger partial charge in [-0.1, -0.05) is 18.2 Å². The number of morpholine rings is 1. The number of aromatic nitrogens is 1. The lowest BCUT2D eigenvalue weighted by molar-refractivity contribution is -0.0530. The highest BCUT2D eigenvalue weighted by Crippen LogP contribution is 2.23. The van der Waals surface area contributed by atoms with Crippen molar-refractivity contribution >= 4 is 22.6 Å². The average molecular weight is 273 g/mol. The Morgan fingerprint density at radius 3 is 2.75 bits per heavy atom. The van der Waals surface area contributed by atoms with Crippen LogP contribution in [0.15, 0.2) is 30.5 Å². The number of amides is 2. The zero-order chi connectivity index (χ0) is 14.1. The van der Waals surface area contributed by atoms with E-state index in [0.717, 1.165) is 16.6 Å². The third-order valence-corrected chi connectivity index (χ3v) is 3.54. The van der Waals surface area contributed by atoms with Crippen LogP contribution in [0.4, 0.5) is 10.5 Å². The van der Waals surface area contributed by atoms with Crippen LogP contribution in [-0.4, -0.2) is 41.2 Å². The number of para-hydroxylation sites is 1. The number of ether oxygens (including phenoxy) is 1. The smallest absolute Gasteiger partial charge is 0.322 e. The van der Waals surface area contributed by atoms with Crippen LogP contribution < -0.4 is 5.32 Å². The number of H-pyrrole nitrogens is 1. The van der Waals surface area contributed by atoms with Gasteiger partial charge in [-0.25, -0.2) is 4.79 Å². The van der Waals surface area contributed by atoms with Crippen molar-refractivity contribution in [1.29, 1.82) is 0 Å². The molecular weight excluding hydrogens is 254 g/mol. The van der Waals surface area contributed by atoms with Gasteiger partial charge in [-0.15, -0.1) is 0 Å². The van der Waals surface area contributed by atoms with Crippen LogP contribution in [0.3, 0.4) is 0 Å². The molecule has 5 nitrogen and oxygen atoms in total. The number of carbonyl (C=O) groups is 1. The number of hydrogen-bond acceptors (Lipinski definition) is 2. The Balaban J connectivity index is 1.75. The summed E-state index contributed by atoms with van der Waals surface area (Å²) in [7, 11) is 0. The molecule has 2 amide bonds. The quantitative estimate of drug-likeness (QED) is 0.839. The second-order valence-corrected chi connectivity index (χ2v) is 5.34. The number of nitrogens with zero attached hydrogens (tertiary/aromatic N) is 1. The van der Waals surface area contributed by atoms with E-state index in [0.29, 0.717) is 13.1 Å². The average Bonchev–Trinajstić information content (AvgIpc) is 2.81. The first-order valence-electron chi connectivity index (χ1n) is 6.91. The Kier molecular flexibility index (Phi) is 3.36. The van der Waals surface area contributed by atoms with Gasteiger partial charge in [-0.05, 0) is 19.9 Å². The minimum Gasteiger partial charge on any atom is -0.372 e. The molecule has 0 unspecified atom stereocenters. The van der Waals surface area contributed by atoms with E-state index in [4.69, 9.17) is 4.74 Å². The van der Waals surface area contributed by atoms with Gasteiger partial charge in [0.2, 0.25) is 0 Å². The number of urea groups is 1. The van der Waals surface area contributed by atoms with Gasteiger partial charge >= 0.3 is 6.03 Å².